The van der Waals surface area contributed by atoms with Crippen LogP contribution in [0.4, 0.5) is 0 Å². The minimum Gasteiger partial charge on any atom is -0.299 e. The van der Waals surface area contributed by atoms with Crippen LogP contribution in [0.3, 0.4) is 0 Å². The molecule has 0 saturated heterocycles. The molecular formula is C10H14O2. The highest BCUT2D eigenvalue weighted by molar-refractivity contribution is 5.94. The molecule has 66 valence electrons. The largest absolute Gasteiger partial charge is 0.299 e. The van der Waals surface area contributed by atoms with Crippen molar-refractivity contribution in [2.75, 3.05) is 0 Å². The lowest BCUT2D eigenvalue weighted by molar-refractivity contribution is -0.132. The number of rotatable bonds is 0. The maximum atomic E-state index is 11.4. The van der Waals surface area contributed by atoms with E-state index < -0.39 is 0 Å². The molecule has 12 heavy (non-hydrogen) atoms. The standard InChI is InChI=1S/C10H14O2/c1-6-2-4-8(11)7-3-5-9(12)10(6)7/h6-7,10H,2-5H2,1H3. The molecule has 0 aromatic rings. The van der Waals surface area contributed by atoms with Gasteiger partial charge in [0.25, 0.3) is 0 Å². The van der Waals surface area contributed by atoms with Gasteiger partial charge in [-0.25, -0.2) is 0 Å². The lowest BCUT2D eigenvalue weighted by Crippen LogP contribution is -2.33. The van der Waals surface area contributed by atoms with Gasteiger partial charge in [-0.1, -0.05) is 6.92 Å². The molecule has 2 nitrogen and oxygen atoms in total. The first-order valence-corrected chi connectivity index (χ1v) is 4.75. The molecule has 0 aromatic carbocycles. The molecule has 0 amide bonds. The monoisotopic (exact) mass is 166 g/mol. The van der Waals surface area contributed by atoms with Crippen LogP contribution < -0.4 is 0 Å². The second kappa shape index (κ2) is 2.68. The van der Waals surface area contributed by atoms with E-state index in [1.54, 1.807) is 0 Å². The number of hydrogen-bond donors (Lipinski definition) is 0. The number of fused-ring (bicyclic) bond motifs is 1. The topological polar surface area (TPSA) is 34.1 Å². The first-order chi connectivity index (χ1) is 5.70. The molecule has 0 N–H and O–H groups in total. The van der Waals surface area contributed by atoms with Crippen molar-refractivity contribution in [1.29, 1.82) is 0 Å². The SMILES string of the molecule is CC1CCC(=O)C2CCC(=O)C12. The highest BCUT2D eigenvalue weighted by Gasteiger charge is 2.44. The van der Waals surface area contributed by atoms with Crippen LogP contribution in [0.25, 0.3) is 0 Å². The van der Waals surface area contributed by atoms with E-state index in [4.69, 9.17) is 0 Å². The van der Waals surface area contributed by atoms with Crippen LogP contribution in [0.5, 0.6) is 0 Å². The molecule has 0 radical (unpaired) electrons. The highest BCUT2D eigenvalue weighted by Crippen LogP contribution is 2.41. The third-order valence-corrected chi connectivity index (χ3v) is 3.38. The van der Waals surface area contributed by atoms with Crippen LogP contribution in [0.2, 0.25) is 0 Å². The van der Waals surface area contributed by atoms with E-state index in [-0.39, 0.29) is 11.8 Å². The summed E-state index contributed by atoms with van der Waals surface area (Å²) in [5.74, 6) is 1.31. The van der Waals surface area contributed by atoms with Crippen LogP contribution in [-0.2, 0) is 9.59 Å². The predicted molar refractivity (Wildman–Crippen MR) is 44.6 cm³/mol. The fraction of sp³-hybridized carbons (Fsp3) is 0.800. The lowest BCUT2D eigenvalue weighted by atomic mass is 9.74. The molecule has 2 heteroatoms. The van der Waals surface area contributed by atoms with Gasteiger partial charge < -0.3 is 0 Å². The summed E-state index contributed by atoms with van der Waals surface area (Å²) < 4.78 is 0. The normalized spacial score (nSPS) is 41.6. The van der Waals surface area contributed by atoms with Crippen molar-refractivity contribution < 1.29 is 9.59 Å². The van der Waals surface area contributed by atoms with Gasteiger partial charge in [-0.05, 0) is 18.8 Å². The first kappa shape index (κ1) is 7.96. The van der Waals surface area contributed by atoms with Gasteiger partial charge in [0.15, 0.2) is 0 Å². The second-order valence-electron chi connectivity index (χ2n) is 4.12. The molecule has 2 aliphatic rings. The molecule has 0 heterocycles. The summed E-state index contributed by atoms with van der Waals surface area (Å²) in [6.07, 6.45) is 3.10. The summed E-state index contributed by atoms with van der Waals surface area (Å²) in [5.41, 5.74) is 0. The smallest absolute Gasteiger partial charge is 0.136 e. The maximum absolute atomic E-state index is 11.4. The summed E-state index contributed by atoms with van der Waals surface area (Å²) in [6, 6.07) is 0. The van der Waals surface area contributed by atoms with E-state index in [1.807, 2.05) is 0 Å². The summed E-state index contributed by atoms with van der Waals surface area (Å²) in [5, 5.41) is 0. The van der Waals surface area contributed by atoms with Crippen molar-refractivity contribution in [2.24, 2.45) is 17.8 Å². The molecule has 0 bridgehead atoms. The van der Waals surface area contributed by atoms with E-state index in [2.05, 4.69) is 6.92 Å². The minimum atomic E-state index is 0.0891. The Balaban J connectivity index is 2.24. The van der Waals surface area contributed by atoms with Crippen LogP contribution >= 0.6 is 0 Å². The molecule has 2 fully saturated rings. The van der Waals surface area contributed by atoms with Crippen molar-refractivity contribution in [3.05, 3.63) is 0 Å². The Hall–Kier alpha value is -0.660. The van der Waals surface area contributed by atoms with E-state index in [0.717, 1.165) is 12.8 Å². The maximum Gasteiger partial charge on any atom is 0.136 e. The number of ketones is 2. The predicted octanol–water partition coefficient (Wildman–Crippen LogP) is 1.58. The van der Waals surface area contributed by atoms with E-state index in [1.165, 1.54) is 0 Å². The molecule has 3 unspecified atom stereocenters. The third kappa shape index (κ3) is 1.01. The number of Topliss-reactive ketones (excluding diaryl/α,β-unsaturated/α-hetero) is 2. The van der Waals surface area contributed by atoms with Gasteiger partial charge in [-0.15, -0.1) is 0 Å². The molecule has 3 atom stereocenters. The Morgan fingerprint density at radius 2 is 1.75 bits per heavy atom. The lowest BCUT2D eigenvalue weighted by Gasteiger charge is -2.28. The zero-order valence-electron chi connectivity index (χ0n) is 7.38. The van der Waals surface area contributed by atoms with Gasteiger partial charge in [0.05, 0.1) is 0 Å². The van der Waals surface area contributed by atoms with Crippen LogP contribution in [0, 0.1) is 17.8 Å². The first-order valence-electron chi connectivity index (χ1n) is 4.75. The molecule has 2 aliphatic carbocycles. The van der Waals surface area contributed by atoms with Crippen molar-refractivity contribution >= 4 is 11.6 Å². The molecule has 2 rings (SSSR count). The van der Waals surface area contributed by atoms with Crippen LogP contribution in [0.15, 0.2) is 0 Å². The molecule has 0 aromatic heterocycles. The Kier molecular flexibility index (Phi) is 1.78. The summed E-state index contributed by atoms with van der Waals surface area (Å²) >= 11 is 0. The Bertz CT molecular complexity index is 230. The quantitative estimate of drug-likeness (QED) is 0.547. The molecule has 0 spiro atoms. The molecule has 2 saturated carbocycles. The van der Waals surface area contributed by atoms with Gasteiger partial charge in [0.2, 0.25) is 0 Å². The minimum absolute atomic E-state index is 0.0891. The summed E-state index contributed by atoms with van der Waals surface area (Å²) in [6.45, 7) is 2.10. The average molecular weight is 166 g/mol. The molecular weight excluding hydrogens is 152 g/mol. The Morgan fingerprint density at radius 3 is 2.42 bits per heavy atom. The van der Waals surface area contributed by atoms with Crippen LogP contribution in [-0.4, -0.2) is 11.6 Å². The van der Waals surface area contributed by atoms with Gasteiger partial charge >= 0.3 is 0 Å². The second-order valence-corrected chi connectivity index (χ2v) is 4.12. The van der Waals surface area contributed by atoms with Crippen molar-refractivity contribution in [3.63, 3.8) is 0 Å². The van der Waals surface area contributed by atoms with Gasteiger partial charge in [-0.2, -0.15) is 0 Å². The zero-order valence-corrected chi connectivity index (χ0v) is 7.38. The van der Waals surface area contributed by atoms with Gasteiger partial charge in [0.1, 0.15) is 11.6 Å². The fourth-order valence-electron chi connectivity index (χ4n) is 2.68. The summed E-state index contributed by atoms with van der Waals surface area (Å²) in [7, 11) is 0. The third-order valence-electron chi connectivity index (χ3n) is 3.38. The Labute approximate surface area is 72.3 Å². The van der Waals surface area contributed by atoms with Crippen molar-refractivity contribution in [1.82, 2.24) is 0 Å². The van der Waals surface area contributed by atoms with Crippen molar-refractivity contribution in [2.45, 2.75) is 32.6 Å². The zero-order chi connectivity index (χ0) is 8.72. The number of carbonyl (C=O) groups is 2. The number of carbonyl (C=O) groups excluding carboxylic acids is 2. The average Bonchev–Trinajstić information content (AvgIpc) is 2.42. The van der Waals surface area contributed by atoms with E-state index in [9.17, 15) is 9.59 Å². The fourth-order valence-corrected chi connectivity index (χ4v) is 2.68. The highest BCUT2D eigenvalue weighted by atomic mass is 16.1. The van der Waals surface area contributed by atoms with E-state index >= 15 is 0 Å². The van der Waals surface area contributed by atoms with E-state index in [0.29, 0.717) is 30.3 Å². The van der Waals surface area contributed by atoms with Crippen molar-refractivity contribution in [3.8, 4) is 0 Å². The van der Waals surface area contributed by atoms with Gasteiger partial charge in [-0.3, -0.25) is 9.59 Å². The summed E-state index contributed by atoms with van der Waals surface area (Å²) in [4.78, 5) is 22.8. The van der Waals surface area contributed by atoms with Crippen LogP contribution in [0.1, 0.15) is 32.6 Å². The number of hydrogen-bond acceptors (Lipinski definition) is 2. The Morgan fingerprint density at radius 1 is 1.08 bits per heavy atom. The van der Waals surface area contributed by atoms with Gasteiger partial charge in [0, 0.05) is 24.7 Å². The molecule has 0 aliphatic heterocycles.